The number of aryl methyl sites for hydroxylation is 1. The molecule has 0 aliphatic carbocycles. The van der Waals surface area contributed by atoms with Crippen LogP contribution in [0.3, 0.4) is 0 Å². The molecule has 0 saturated carbocycles. The summed E-state index contributed by atoms with van der Waals surface area (Å²) in [5.74, 6) is 0. The third-order valence-electron chi connectivity index (χ3n) is 1.36. The van der Waals surface area contributed by atoms with E-state index in [1.165, 1.54) is 0 Å². The average Bonchev–Trinajstić information content (AvgIpc) is 1.99. The Kier molecular flexibility index (Phi) is 2.95. The molecule has 0 aliphatic rings. The quantitative estimate of drug-likeness (QED) is 0.431. The van der Waals surface area contributed by atoms with Crippen molar-refractivity contribution in [2.24, 2.45) is 0 Å². The number of hydrogen-bond donors (Lipinski definition) is 0. The van der Waals surface area contributed by atoms with Crippen LogP contribution in [-0.2, 0) is 0 Å². The third-order valence-corrected chi connectivity index (χ3v) is 2.55. The lowest BCUT2D eigenvalue weighted by atomic mass is 10.3. The molecule has 1 aromatic rings. The average molecular weight is 241 g/mol. The lowest BCUT2D eigenvalue weighted by Gasteiger charge is -2.01. The molecule has 0 atom stereocenters. The largest absolute Gasteiger partial charge is 0.326 e. The van der Waals surface area contributed by atoms with Crippen molar-refractivity contribution in [2.45, 2.75) is 6.92 Å². The van der Waals surface area contributed by atoms with Gasteiger partial charge in [-0.3, -0.25) is 10.1 Å². The standard InChI is InChI=1S/C6H3Cl3N2O2/c1-2-3(7)4(8)5(11(12)13)6(9)10-2/h1H3. The minimum atomic E-state index is -0.719. The molecule has 1 rings (SSSR count). The molecule has 0 N–H and O–H groups in total. The summed E-state index contributed by atoms with van der Waals surface area (Å²) < 4.78 is 0. The predicted molar refractivity (Wildman–Crippen MR) is 50.7 cm³/mol. The number of nitrogens with zero attached hydrogens (tertiary/aromatic N) is 2. The fourth-order valence-electron chi connectivity index (χ4n) is 0.758. The molecular weight excluding hydrogens is 238 g/mol. The van der Waals surface area contributed by atoms with Gasteiger partial charge in [0.1, 0.15) is 5.02 Å². The van der Waals surface area contributed by atoms with E-state index in [1.54, 1.807) is 6.92 Å². The Bertz CT molecular complexity index is 381. The zero-order chi connectivity index (χ0) is 10.2. The minimum Gasteiger partial charge on any atom is -0.258 e. The first-order chi connectivity index (χ1) is 5.95. The van der Waals surface area contributed by atoms with Crippen LogP contribution >= 0.6 is 34.8 Å². The van der Waals surface area contributed by atoms with Crippen LogP contribution in [0.15, 0.2) is 0 Å². The van der Waals surface area contributed by atoms with Gasteiger partial charge in [-0.1, -0.05) is 34.8 Å². The maximum Gasteiger partial charge on any atom is 0.326 e. The Hall–Kier alpha value is -0.580. The number of aromatic nitrogens is 1. The first-order valence-corrected chi connectivity index (χ1v) is 4.24. The summed E-state index contributed by atoms with van der Waals surface area (Å²) in [6.45, 7) is 1.56. The summed E-state index contributed by atoms with van der Waals surface area (Å²) in [4.78, 5) is 13.4. The van der Waals surface area contributed by atoms with Crippen molar-refractivity contribution < 1.29 is 4.92 Å². The van der Waals surface area contributed by atoms with Gasteiger partial charge in [0.2, 0.25) is 5.15 Å². The number of pyridine rings is 1. The summed E-state index contributed by atoms with van der Waals surface area (Å²) >= 11 is 16.7. The molecular formula is C6H3Cl3N2O2. The van der Waals surface area contributed by atoms with Crippen molar-refractivity contribution >= 4 is 40.5 Å². The van der Waals surface area contributed by atoms with Crippen LogP contribution in [-0.4, -0.2) is 9.91 Å². The van der Waals surface area contributed by atoms with Gasteiger partial charge in [-0.2, -0.15) is 0 Å². The van der Waals surface area contributed by atoms with Crippen molar-refractivity contribution in [2.75, 3.05) is 0 Å². The highest BCUT2D eigenvalue weighted by Gasteiger charge is 2.23. The predicted octanol–water partition coefficient (Wildman–Crippen LogP) is 3.26. The van der Waals surface area contributed by atoms with Crippen molar-refractivity contribution in [1.82, 2.24) is 4.98 Å². The van der Waals surface area contributed by atoms with Crippen molar-refractivity contribution in [3.8, 4) is 0 Å². The first-order valence-electron chi connectivity index (χ1n) is 3.10. The van der Waals surface area contributed by atoms with Gasteiger partial charge in [0.25, 0.3) is 0 Å². The van der Waals surface area contributed by atoms with E-state index in [2.05, 4.69) is 4.98 Å². The zero-order valence-corrected chi connectivity index (χ0v) is 8.61. The fourth-order valence-corrected chi connectivity index (χ4v) is 1.52. The normalized spacial score (nSPS) is 10.2. The van der Waals surface area contributed by atoms with Gasteiger partial charge in [-0.05, 0) is 6.92 Å². The van der Waals surface area contributed by atoms with Crippen molar-refractivity contribution in [3.05, 3.63) is 31.0 Å². The lowest BCUT2D eigenvalue weighted by Crippen LogP contribution is -1.95. The SMILES string of the molecule is Cc1nc(Cl)c([N+](=O)[O-])c(Cl)c1Cl. The highest BCUT2D eigenvalue weighted by atomic mass is 35.5. The maximum atomic E-state index is 10.4. The Morgan fingerprint density at radius 1 is 1.31 bits per heavy atom. The van der Waals surface area contributed by atoms with Gasteiger partial charge < -0.3 is 0 Å². The number of hydrogen-bond acceptors (Lipinski definition) is 3. The smallest absolute Gasteiger partial charge is 0.258 e. The van der Waals surface area contributed by atoms with Crippen LogP contribution < -0.4 is 0 Å². The van der Waals surface area contributed by atoms with E-state index in [-0.39, 0.29) is 15.2 Å². The van der Waals surface area contributed by atoms with Crippen LogP contribution in [0.25, 0.3) is 0 Å². The summed E-state index contributed by atoms with van der Waals surface area (Å²) in [6.07, 6.45) is 0. The van der Waals surface area contributed by atoms with E-state index in [1.807, 2.05) is 0 Å². The lowest BCUT2D eigenvalue weighted by molar-refractivity contribution is -0.384. The van der Waals surface area contributed by atoms with Crippen molar-refractivity contribution in [3.63, 3.8) is 0 Å². The number of rotatable bonds is 1. The number of nitro groups is 1. The Balaban J connectivity index is 3.53. The molecule has 0 amide bonds. The van der Waals surface area contributed by atoms with Gasteiger partial charge in [0.15, 0.2) is 0 Å². The van der Waals surface area contributed by atoms with Gasteiger partial charge in [0.05, 0.1) is 15.6 Å². The highest BCUT2D eigenvalue weighted by Crippen LogP contribution is 2.37. The molecule has 1 aromatic heterocycles. The fraction of sp³-hybridized carbons (Fsp3) is 0.167. The van der Waals surface area contributed by atoms with Crippen LogP contribution in [0.4, 0.5) is 5.69 Å². The highest BCUT2D eigenvalue weighted by molar-refractivity contribution is 6.45. The second kappa shape index (κ2) is 3.65. The topological polar surface area (TPSA) is 56.0 Å². The van der Waals surface area contributed by atoms with Gasteiger partial charge in [-0.15, -0.1) is 0 Å². The summed E-state index contributed by atoms with van der Waals surface area (Å²) in [5, 5.41) is 10.1. The molecule has 0 bridgehead atoms. The minimum absolute atomic E-state index is 0.0535. The Morgan fingerprint density at radius 2 is 1.85 bits per heavy atom. The third kappa shape index (κ3) is 1.85. The van der Waals surface area contributed by atoms with E-state index in [0.29, 0.717) is 5.69 Å². The molecule has 0 saturated heterocycles. The van der Waals surface area contributed by atoms with E-state index < -0.39 is 10.6 Å². The molecule has 0 radical (unpaired) electrons. The first kappa shape index (κ1) is 10.5. The molecule has 0 spiro atoms. The van der Waals surface area contributed by atoms with Gasteiger partial charge in [-0.25, -0.2) is 4.98 Å². The van der Waals surface area contributed by atoms with Crippen LogP contribution in [0, 0.1) is 17.0 Å². The van der Waals surface area contributed by atoms with Gasteiger partial charge in [0, 0.05) is 0 Å². The summed E-state index contributed by atoms with van der Waals surface area (Å²) in [7, 11) is 0. The Labute approximate surface area is 88.6 Å². The molecule has 0 fully saturated rings. The summed E-state index contributed by atoms with van der Waals surface area (Å²) in [6, 6.07) is 0. The Morgan fingerprint density at radius 3 is 2.31 bits per heavy atom. The van der Waals surface area contributed by atoms with E-state index in [9.17, 15) is 10.1 Å². The molecule has 0 aromatic carbocycles. The molecule has 13 heavy (non-hydrogen) atoms. The monoisotopic (exact) mass is 240 g/mol. The van der Waals surface area contributed by atoms with Crippen LogP contribution in [0.2, 0.25) is 15.2 Å². The molecule has 1 heterocycles. The second-order valence-corrected chi connectivity index (χ2v) is 3.34. The van der Waals surface area contributed by atoms with E-state index >= 15 is 0 Å². The zero-order valence-electron chi connectivity index (χ0n) is 6.34. The van der Waals surface area contributed by atoms with E-state index in [0.717, 1.165) is 0 Å². The molecule has 0 aliphatic heterocycles. The van der Waals surface area contributed by atoms with Crippen molar-refractivity contribution in [1.29, 1.82) is 0 Å². The second-order valence-electron chi connectivity index (χ2n) is 2.22. The molecule has 4 nitrogen and oxygen atoms in total. The molecule has 7 heteroatoms. The maximum absolute atomic E-state index is 10.4. The van der Waals surface area contributed by atoms with Crippen LogP contribution in [0.1, 0.15) is 5.69 Å². The van der Waals surface area contributed by atoms with Crippen LogP contribution in [0.5, 0.6) is 0 Å². The summed E-state index contributed by atoms with van der Waals surface area (Å²) in [5.41, 5.74) is -0.0961. The van der Waals surface area contributed by atoms with Gasteiger partial charge >= 0.3 is 5.69 Å². The number of halogens is 3. The molecule has 70 valence electrons. The van der Waals surface area contributed by atoms with E-state index in [4.69, 9.17) is 34.8 Å². The molecule has 0 unspecified atom stereocenters.